The Bertz CT molecular complexity index is 705. The molecular formula is C17H25N7S. The van der Waals surface area contributed by atoms with E-state index in [2.05, 4.69) is 48.9 Å². The van der Waals surface area contributed by atoms with Crippen molar-refractivity contribution < 1.29 is 0 Å². The molecule has 0 bridgehead atoms. The number of aromatic nitrogens is 3. The van der Waals surface area contributed by atoms with Crippen LogP contribution in [0.5, 0.6) is 0 Å². The lowest BCUT2D eigenvalue weighted by Gasteiger charge is -2.36. The molecule has 1 aliphatic heterocycles. The van der Waals surface area contributed by atoms with Gasteiger partial charge < -0.3 is 15.1 Å². The first-order chi connectivity index (χ1) is 12.2. The highest BCUT2D eigenvalue weighted by atomic mass is 32.1. The molecule has 0 saturated carbocycles. The molecule has 0 atom stereocenters. The van der Waals surface area contributed by atoms with Crippen molar-refractivity contribution in [3.63, 3.8) is 0 Å². The fourth-order valence-corrected chi connectivity index (χ4v) is 3.93. The summed E-state index contributed by atoms with van der Waals surface area (Å²) in [6.07, 6.45) is 4.56. The van der Waals surface area contributed by atoms with Crippen molar-refractivity contribution in [1.29, 1.82) is 0 Å². The van der Waals surface area contributed by atoms with E-state index in [9.17, 15) is 0 Å². The fraction of sp³-hybridized carbons (Fsp3) is 0.529. The molecule has 0 amide bonds. The van der Waals surface area contributed by atoms with Crippen LogP contribution in [0.1, 0.15) is 15.6 Å². The fourth-order valence-electron chi connectivity index (χ4n) is 3.00. The van der Waals surface area contributed by atoms with Gasteiger partial charge in [0.15, 0.2) is 5.96 Å². The average molecular weight is 360 g/mol. The number of hydrogen-bond acceptors (Lipinski definition) is 6. The Labute approximate surface area is 152 Å². The van der Waals surface area contributed by atoms with Crippen molar-refractivity contribution in [2.24, 2.45) is 4.99 Å². The van der Waals surface area contributed by atoms with Crippen LogP contribution in [-0.4, -0.2) is 65.6 Å². The Balaban J connectivity index is 1.48. The molecule has 0 aromatic carbocycles. The van der Waals surface area contributed by atoms with Crippen LogP contribution < -0.4 is 10.2 Å². The van der Waals surface area contributed by atoms with Crippen LogP contribution in [0.15, 0.2) is 23.5 Å². The summed E-state index contributed by atoms with van der Waals surface area (Å²) in [6.45, 7) is 8.64. The highest BCUT2D eigenvalue weighted by Gasteiger charge is 2.21. The molecule has 0 spiro atoms. The van der Waals surface area contributed by atoms with Gasteiger partial charge in [-0.2, -0.15) is 0 Å². The van der Waals surface area contributed by atoms with Gasteiger partial charge >= 0.3 is 0 Å². The molecule has 0 unspecified atom stereocenters. The van der Waals surface area contributed by atoms with E-state index in [1.54, 1.807) is 23.7 Å². The molecule has 134 valence electrons. The summed E-state index contributed by atoms with van der Waals surface area (Å²) in [5.41, 5.74) is 1.15. The number of piperazine rings is 1. The summed E-state index contributed by atoms with van der Waals surface area (Å²) in [6, 6.07) is 1.85. The second-order valence-electron chi connectivity index (χ2n) is 5.99. The first-order valence-corrected chi connectivity index (χ1v) is 9.39. The third kappa shape index (κ3) is 4.45. The summed E-state index contributed by atoms with van der Waals surface area (Å²) in [4.78, 5) is 23.5. The second kappa shape index (κ2) is 8.24. The Morgan fingerprint density at radius 1 is 1.20 bits per heavy atom. The molecule has 25 heavy (non-hydrogen) atoms. The van der Waals surface area contributed by atoms with E-state index in [4.69, 9.17) is 0 Å². The second-order valence-corrected chi connectivity index (χ2v) is 7.28. The number of anilines is 1. The zero-order chi connectivity index (χ0) is 17.6. The van der Waals surface area contributed by atoms with Gasteiger partial charge in [0.1, 0.15) is 0 Å². The predicted octanol–water partition coefficient (Wildman–Crippen LogP) is 1.49. The van der Waals surface area contributed by atoms with E-state index in [0.717, 1.165) is 61.8 Å². The monoisotopic (exact) mass is 359 g/mol. The van der Waals surface area contributed by atoms with Gasteiger partial charge in [-0.1, -0.05) is 0 Å². The highest BCUT2D eigenvalue weighted by molar-refractivity contribution is 7.11. The lowest BCUT2D eigenvalue weighted by Crippen LogP contribution is -2.53. The Morgan fingerprint density at radius 2 is 1.92 bits per heavy atom. The number of hydrogen-bond donors (Lipinski definition) is 1. The van der Waals surface area contributed by atoms with Gasteiger partial charge in [0, 0.05) is 63.5 Å². The molecule has 8 heteroatoms. The third-order valence-electron chi connectivity index (χ3n) is 4.26. The van der Waals surface area contributed by atoms with Crippen molar-refractivity contribution in [2.45, 2.75) is 20.3 Å². The maximum absolute atomic E-state index is 4.49. The van der Waals surface area contributed by atoms with Crippen LogP contribution in [-0.2, 0) is 6.42 Å². The summed E-state index contributed by atoms with van der Waals surface area (Å²) >= 11 is 1.78. The molecule has 1 fully saturated rings. The zero-order valence-corrected chi connectivity index (χ0v) is 15.9. The molecule has 1 saturated heterocycles. The van der Waals surface area contributed by atoms with Crippen LogP contribution in [0.4, 0.5) is 5.95 Å². The van der Waals surface area contributed by atoms with Gasteiger partial charge in [0.05, 0.1) is 10.7 Å². The van der Waals surface area contributed by atoms with Gasteiger partial charge in [-0.15, -0.1) is 11.3 Å². The molecule has 2 aromatic rings. The molecule has 1 N–H and O–H groups in total. The van der Waals surface area contributed by atoms with E-state index in [1.807, 2.05) is 13.1 Å². The highest BCUT2D eigenvalue weighted by Crippen LogP contribution is 2.17. The zero-order valence-electron chi connectivity index (χ0n) is 15.1. The van der Waals surface area contributed by atoms with Crippen molar-refractivity contribution in [1.82, 2.24) is 25.2 Å². The quantitative estimate of drug-likeness (QED) is 0.659. The normalized spacial score (nSPS) is 15.6. The molecule has 0 radical (unpaired) electrons. The molecule has 2 aromatic heterocycles. The lowest BCUT2D eigenvalue weighted by molar-refractivity contribution is 0.370. The van der Waals surface area contributed by atoms with Gasteiger partial charge in [-0.3, -0.25) is 4.99 Å². The maximum atomic E-state index is 4.49. The van der Waals surface area contributed by atoms with Crippen molar-refractivity contribution in [3.8, 4) is 0 Å². The summed E-state index contributed by atoms with van der Waals surface area (Å²) in [7, 11) is 1.84. The van der Waals surface area contributed by atoms with Gasteiger partial charge in [-0.05, 0) is 19.9 Å². The van der Waals surface area contributed by atoms with Crippen LogP contribution in [0.2, 0.25) is 0 Å². The Morgan fingerprint density at radius 3 is 2.52 bits per heavy atom. The molecule has 3 heterocycles. The average Bonchev–Trinajstić information content (AvgIpc) is 2.97. The van der Waals surface area contributed by atoms with E-state index in [0.29, 0.717) is 0 Å². The minimum Gasteiger partial charge on any atom is -0.356 e. The lowest BCUT2D eigenvalue weighted by atomic mass is 10.3. The van der Waals surface area contributed by atoms with Crippen LogP contribution in [0, 0.1) is 13.8 Å². The standard InChI is InChI=1S/C17H25N7S/c1-13-15(25-14(2)22-13)5-8-21-16(18-3)23-9-11-24(12-10-23)17-19-6-4-7-20-17/h4,6-7H,5,8-12H2,1-3H3,(H,18,21). The topological polar surface area (TPSA) is 69.5 Å². The number of aryl methyl sites for hydroxylation is 2. The van der Waals surface area contributed by atoms with Crippen LogP contribution in [0.3, 0.4) is 0 Å². The summed E-state index contributed by atoms with van der Waals surface area (Å²) in [5.74, 6) is 1.77. The minimum absolute atomic E-state index is 0.807. The number of guanidine groups is 1. The van der Waals surface area contributed by atoms with Crippen molar-refractivity contribution in [2.75, 3.05) is 44.7 Å². The predicted molar refractivity (Wildman–Crippen MR) is 102 cm³/mol. The number of rotatable bonds is 4. The van der Waals surface area contributed by atoms with Gasteiger partial charge in [0.2, 0.25) is 5.95 Å². The molecular weight excluding hydrogens is 334 g/mol. The number of thiazole rings is 1. The molecule has 7 nitrogen and oxygen atoms in total. The number of nitrogens with zero attached hydrogens (tertiary/aromatic N) is 6. The summed E-state index contributed by atoms with van der Waals surface area (Å²) < 4.78 is 0. The third-order valence-corrected chi connectivity index (χ3v) is 5.39. The van der Waals surface area contributed by atoms with E-state index in [-0.39, 0.29) is 0 Å². The number of nitrogens with one attached hydrogen (secondary N) is 1. The SMILES string of the molecule is CN=C(NCCc1sc(C)nc1C)N1CCN(c2ncccn2)CC1. The largest absolute Gasteiger partial charge is 0.356 e. The maximum Gasteiger partial charge on any atom is 0.225 e. The van der Waals surface area contributed by atoms with Crippen molar-refractivity contribution >= 4 is 23.2 Å². The van der Waals surface area contributed by atoms with E-state index < -0.39 is 0 Å². The minimum atomic E-state index is 0.807. The van der Waals surface area contributed by atoms with Crippen molar-refractivity contribution in [3.05, 3.63) is 34.0 Å². The smallest absolute Gasteiger partial charge is 0.225 e. The van der Waals surface area contributed by atoms with Crippen LogP contribution in [0.25, 0.3) is 0 Å². The molecule has 1 aliphatic rings. The van der Waals surface area contributed by atoms with Crippen LogP contribution >= 0.6 is 11.3 Å². The first-order valence-electron chi connectivity index (χ1n) is 8.58. The number of aliphatic imine (C=N–C) groups is 1. The molecule has 3 rings (SSSR count). The van der Waals surface area contributed by atoms with E-state index >= 15 is 0 Å². The van der Waals surface area contributed by atoms with E-state index in [1.165, 1.54) is 4.88 Å². The first kappa shape index (κ1) is 17.6. The Kier molecular flexibility index (Phi) is 5.80. The van der Waals surface area contributed by atoms with Gasteiger partial charge in [-0.25, -0.2) is 15.0 Å². The van der Waals surface area contributed by atoms with Gasteiger partial charge in [0.25, 0.3) is 0 Å². The molecule has 0 aliphatic carbocycles. The Hall–Kier alpha value is -2.22. The summed E-state index contributed by atoms with van der Waals surface area (Å²) in [5, 5.41) is 4.62.